The van der Waals surface area contributed by atoms with Crippen LogP contribution in [0.4, 0.5) is 5.69 Å². The summed E-state index contributed by atoms with van der Waals surface area (Å²) in [6.07, 6.45) is 0. The van der Waals surface area contributed by atoms with Gasteiger partial charge in [0.1, 0.15) is 5.75 Å². The number of hydrogen-bond acceptors (Lipinski definition) is 5. The second-order valence-electron chi connectivity index (χ2n) is 7.08. The van der Waals surface area contributed by atoms with E-state index in [1.54, 1.807) is 25.3 Å². The van der Waals surface area contributed by atoms with Crippen molar-refractivity contribution in [2.24, 2.45) is 0 Å². The van der Waals surface area contributed by atoms with Crippen molar-refractivity contribution in [1.29, 1.82) is 0 Å². The molecular formula is C24H24N2O5. The van der Waals surface area contributed by atoms with Gasteiger partial charge < -0.3 is 19.4 Å². The second kappa shape index (κ2) is 9.30. The highest BCUT2D eigenvalue weighted by atomic mass is 16.5. The van der Waals surface area contributed by atoms with Gasteiger partial charge in [-0.3, -0.25) is 9.59 Å². The Morgan fingerprint density at radius 3 is 2.19 bits per heavy atom. The number of rotatable bonds is 7. The second-order valence-corrected chi connectivity index (χ2v) is 7.08. The summed E-state index contributed by atoms with van der Waals surface area (Å²) in [5.74, 6) is -0.338. The first-order valence-electron chi connectivity index (χ1n) is 9.71. The highest BCUT2D eigenvalue weighted by Gasteiger charge is 2.19. The Labute approximate surface area is 180 Å². The fraction of sp³-hybridized carbons (Fsp3) is 0.208. The Hall–Kier alpha value is -3.87. The Kier molecular flexibility index (Phi) is 6.55. The lowest BCUT2D eigenvalue weighted by molar-refractivity contribution is -0.114. The van der Waals surface area contributed by atoms with E-state index in [2.05, 4.69) is 5.32 Å². The fourth-order valence-corrected chi connectivity index (χ4v) is 3.36. The third kappa shape index (κ3) is 5.01. The summed E-state index contributed by atoms with van der Waals surface area (Å²) in [5.41, 5.74) is 3.94. The Morgan fingerprint density at radius 2 is 1.61 bits per heavy atom. The van der Waals surface area contributed by atoms with Gasteiger partial charge in [0.05, 0.1) is 12.7 Å². The zero-order chi connectivity index (χ0) is 22.5. The summed E-state index contributed by atoms with van der Waals surface area (Å²) in [6.45, 7) is 4.81. The molecule has 3 aromatic rings. The Bertz CT molecular complexity index is 1110. The predicted molar refractivity (Wildman–Crippen MR) is 117 cm³/mol. The number of ketones is 1. The van der Waals surface area contributed by atoms with Crippen LogP contribution in [-0.2, 0) is 9.53 Å². The Balaban J connectivity index is 1.69. The summed E-state index contributed by atoms with van der Waals surface area (Å²) in [4.78, 5) is 36.1. The first kappa shape index (κ1) is 21.8. The molecule has 0 aliphatic heterocycles. The lowest BCUT2D eigenvalue weighted by Gasteiger charge is -2.11. The third-order valence-electron chi connectivity index (χ3n) is 4.84. The number of carbonyl (C=O) groups is 3. The fourth-order valence-electron chi connectivity index (χ4n) is 3.36. The molecule has 1 aromatic heterocycles. The van der Waals surface area contributed by atoms with Gasteiger partial charge in [0.2, 0.25) is 11.7 Å². The zero-order valence-corrected chi connectivity index (χ0v) is 17.9. The highest BCUT2D eigenvalue weighted by Crippen LogP contribution is 2.23. The lowest BCUT2D eigenvalue weighted by atomic mass is 10.1. The van der Waals surface area contributed by atoms with Gasteiger partial charge >= 0.3 is 5.97 Å². The molecule has 0 spiro atoms. The number of nitrogens with zero attached hydrogens (tertiary/aromatic N) is 1. The number of benzene rings is 2. The number of nitrogens with one attached hydrogen (secondary N) is 1. The SMILES string of the molecule is COc1ccc(-n2c(C)cc(C(=O)COC(=O)c3ccc(NC(C)=O)cc3)c2C)cc1. The van der Waals surface area contributed by atoms with Crippen molar-refractivity contribution in [3.63, 3.8) is 0 Å². The molecule has 0 atom stereocenters. The first-order chi connectivity index (χ1) is 14.8. The van der Waals surface area contributed by atoms with Crippen LogP contribution in [-0.4, -0.2) is 35.9 Å². The zero-order valence-electron chi connectivity index (χ0n) is 17.9. The number of hydrogen-bond donors (Lipinski definition) is 1. The van der Waals surface area contributed by atoms with Gasteiger partial charge in [-0.2, -0.15) is 0 Å². The molecule has 0 saturated carbocycles. The van der Waals surface area contributed by atoms with E-state index in [0.717, 1.165) is 22.8 Å². The van der Waals surface area contributed by atoms with Crippen LogP contribution >= 0.6 is 0 Å². The maximum Gasteiger partial charge on any atom is 0.338 e. The molecule has 0 radical (unpaired) electrons. The van der Waals surface area contributed by atoms with Gasteiger partial charge in [0.25, 0.3) is 0 Å². The van der Waals surface area contributed by atoms with E-state index >= 15 is 0 Å². The molecule has 7 nitrogen and oxygen atoms in total. The van der Waals surface area contributed by atoms with Crippen molar-refractivity contribution in [3.8, 4) is 11.4 Å². The highest BCUT2D eigenvalue weighted by molar-refractivity contribution is 6.00. The van der Waals surface area contributed by atoms with E-state index < -0.39 is 5.97 Å². The normalized spacial score (nSPS) is 10.5. The minimum Gasteiger partial charge on any atom is -0.497 e. The van der Waals surface area contributed by atoms with Crippen molar-refractivity contribution in [3.05, 3.63) is 77.1 Å². The molecule has 0 aliphatic rings. The molecule has 0 bridgehead atoms. The van der Waals surface area contributed by atoms with E-state index in [4.69, 9.17) is 9.47 Å². The maximum absolute atomic E-state index is 12.7. The molecule has 3 rings (SSSR count). The molecular weight excluding hydrogens is 396 g/mol. The van der Waals surface area contributed by atoms with Gasteiger partial charge in [-0.25, -0.2) is 4.79 Å². The monoisotopic (exact) mass is 420 g/mol. The molecule has 2 aromatic carbocycles. The average molecular weight is 420 g/mol. The largest absolute Gasteiger partial charge is 0.497 e. The molecule has 0 unspecified atom stereocenters. The first-order valence-corrected chi connectivity index (χ1v) is 9.71. The van der Waals surface area contributed by atoms with Crippen LogP contribution in [0.3, 0.4) is 0 Å². The van der Waals surface area contributed by atoms with Crippen LogP contribution in [0.1, 0.15) is 39.0 Å². The van der Waals surface area contributed by atoms with Gasteiger partial charge in [-0.1, -0.05) is 0 Å². The number of esters is 1. The number of amides is 1. The molecule has 1 heterocycles. The molecule has 1 amide bonds. The van der Waals surface area contributed by atoms with Gasteiger partial charge in [-0.05, 0) is 68.4 Å². The maximum atomic E-state index is 12.7. The van der Waals surface area contributed by atoms with Crippen molar-refractivity contribution in [1.82, 2.24) is 4.57 Å². The number of anilines is 1. The van der Waals surface area contributed by atoms with E-state index in [1.165, 1.54) is 19.1 Å². The smallest absolute Gasteiger partial charge is 0.338 e. The number of methoxy groups -OCH3 is 1. The summed E-state index contributed by atoms with van der Waals surface area (Å²) in [6, 6.07) is 15.6. The summed E-state index contributed by atoms with van der Waals surface area (Å²) >= 11 is 0. The topological polar surface area (TPSA) is 86.6 Å². The van der Waals surface area contributed by atoms with E-state index in [1.807, 2.05) is 42.7 Å². The number of Topliss-reactive ketones (excluding diaryl/α,β-unsaturated/α-hetero) is 1. The number of carbonyl (C=O) groups excluding carboxylic acids is 3. The summed E-state index contributed by atoms with van der Waals surface area (Å²) < 4.78 is 12.4. The minimum absolute atomic E-state index is 0.201. The molecule has 0 fully saturated rings. The van der Waals surface area contributed by atoms with E-state index in [9.17, 15) is 14.4 Å². The van der Waals surface area contributed by atoms with Crippen LogP contribution in [0.25, 0.3) is 5.69 Å². The molecule has 160 valence electrons. The Morgan fingerprint density at radius 1 is 0.968 bits per heavy atom. The van der Waals surface area contributed by atoms with E-state index in [-0.39, 0.29) is 18.3 Å². The van der Waals surface area contributed by atoms with Crippen LogP contribution in [0.2, 0.25) is 0 Å². The van der Waals surface area contributed by atoms with E-state index in [0.29, 0.717) is 16.8 Å². The standard InChI is InChI=1S/C24H24N2O5/c1-15-13-22(16(2)26(15)20-9-11-21(30-4)12-10-20)23(28)14-31-24(29)18-5-7-19(8-6-18)25-17(3)27/h5-13H,14H2,1-4H3,(H,25,27). The van der Waals surface area contributed by atoms with Crippen LogP contribution in [0, 0.1) is 13.8 Å². The third-order valence-corrected chi connectivity index (χ3v) is 4.84. The number of ether oxygens (including phenoxy) is 2. The van der Waals surface area contributed by atoms with Gasteiger partial charge in [0.15, 0.2) is 6.61 Å². The van der Waals surface area contributed by atoms with Gasteiger partial charge in [0, 0.05) is 35.2 Å². The minimum atomic E-state index is -0.605. The van der Waals surface area contributed by atoms with Crippen molar-refractivity contribution in [2.75, 3.05) is 19.0 Å². The quantitative estimate of drug-likeness (QED) is 0.459. The van der Waals surface area contributed by atoms with Crippen LogP contribution in [0.5, 0.6) is 5.75 Å². The average Bonchev–Trinajstić information content (AvgIpc) is 3.06. The van der Waals surface area contributed by atoms with Gasteiger partial charge in [-0.15, -0.1) is 0 Å². The molecule has 0 aliphatic carbocycles. The van der Waals surface area contributed by atoms with Crippen molar-refractivity contribution < 1.29 is 23.9 Å². The molecule has 31 heavy (non-hydrogen) atoms. The van der Waals surface area contributed by atoms with Crippen LogP contribution in [0.15, 0.2) is 54.6 Å². The molecule has 7 heteroatoms. The van der Waals surface area contributed by atoms with Crippen molar-refractivity contribution in [2.45, 2.75) is 20.8 Å². The van der Waals surface area contributed by atoms with Crippen LogP contribution < -0.4 is 10.1 Å². The lowest BCUT2D eigenvalue weighted by Crippen LogP contribution is -2.15. The number of aryl methyl sites for hydroxylation is 1. The predicted octanol–water partition coefficient (Wildman–Crippen LogP) is 4.10. The number of aromatic nitrogens is 1. The molecule has 0 saturated heterocycles. The summed E-state index contributed by atoms with van der Waals surface area (Å²) in [5, 5.41) is 2.62. The van der Waals surface area contributed by atoms with Crippen molar-refractivity contribution >= 4 is 23.3 Å². The summed E-state index contributed by atoms with van der Waals surface area (Å²) in [7, 11) is 1.61. The molecule has 1 N–H and O–H groups in total.